The Labute approximate surface area is 180 Å². The Morgan fingerprint density at radius 2 is 1.87 bits per heavy atom. The van der Waals surface area contributed by atoms with Gasteiger partial charge >= 0.3 is 0 Å². The summed E-state index contributed by atoms with van der Waals surface area (Å²) < 4.78 is 43.5. The van der Waals surface area contributed by atoms with Crippen LogP contribution >= 0.6 is 0 Å². The largest absolute Gasteiger partial charge is 0.392 e. The van der Waals surface area contributed by atoms with Crippen LogP contribution in [0.1, 0.15) is 36.2 Å². The van der Waals surface area contributed by atoms with Gasteiger partial charge < -0.3 is 9.63 Å². The van der Waals surface area contributed by atoms with E-state index in [2.05, 4.69) is 27.2 Å². The van der Waals surface area contributed by atoms with Gasteiger partial charge in [0.2, 0.25) is 5.89 Å². The summed E-state index contributed by atoms with van der Waals surface area (Å²) in [4.78, 5) is 6.38. The molecule has 2 atom stereocenters. The second-order valence-corrected chi connectivity index (χ2v) is 9.74. The Kier molecular flexibility index (Phi) is 6.45. The van der Waals surface area contributed by atoms with Crippen molar-refractivity contribution in [3.05, 3.63) is 77.7 Å². The molecule has 1 saturated heterocycles. The normalized spacial score (nSPS) is 19.7. The van der Waals surface area contributed by atoms with Crippen molar-refractivity contribution in [3.8, 4) is 0 Å². The third-order valence-corrected chi connectivity index (χ3v) is 7.02. The van der Waals surface area contributed by atoms with Crippen molar-refractivity contribution in [2.75, 3.05) is 13.1 Å². The predicted octanol–water partition coefficient (Wildman–Crippen LogP) is 2.92. The fraction of sp³-hybridized carbons (Fsp3) is 0.364. The molecule has 3 aromatic rings. The van der Waals surface area contributed by atoms with Crippen LogP contribution in [0.25, 0.3) is 0 Å². The average molecular weight is 446 g/mol. The maximum atomic E-state index is 13.1. The minimum Gasteiger partial charge on any atom is -0.392 e. The van der Waals surface area contributed by atoms with Crippen LogP contribution < -0.4 is 0 Å². The topological polar surface area (TPSA) is 96.5 Å². The molecular weight excluding hydrogens is 421 g/mol. The van der Waals surface area contributed by atoms with E-state index >= 15 is 0 Å². The molecule has 2 unspecified atom stereocenters. The standard InChI is InChI=1S/C22H24FN3O4S/c23-17-8-10-19(11-9-17)31(28,29)15-21-24-22(30-25-21)20-13-18(27)14-26(20)12-4-7-16-5-2-1-3-6-16/h1-3,5-6,8-11,18,20,27H,4,7,12-15H2. The van der Waals surface area contributed by atoms with E-state index < -0.39 is 27.5 Å². The van der Waals surface area contributed by atoms with Crippen molar-refractivity contribution in [2.45, 2.75) is 42.1 Å². The molecule has 1 aliphatic heterocycles. The summed E-state index contributed by atoms with van der Waals surface area (Å²) >= 11 is 0. The molecule has 1 N–H and O–H groups in total. The van der Waals surface area contributed by atoms with Crippen molar-refractivity contribution in [3.63, 3.8) is 0 Å². The van der Waals surface area contributed by atoms with Crippen LogP contribution in [0, 0.1) is 5.82 Å². The maximum absolute atomic E-state index is 13.1. The number of halogens is 1. The number of nitrogens with zero attached hydrogens (tertiary/aromatic N) is 3. The number of hydrogen-bond donors (Lipinski definition) is 1. The first-order valence-electron chi connectivity index (χ1n) is 10.2. The van der Waals surface area contributed by atoms with Crippen LogP contribution in [-0.4, -0.2) is 47.8 Å². The molecule has 2 aromatic carbocycles. The molecule has 0 spiro atoms. The quantitative estimate of drug-likeness (QED) is 0.533. The molecule has 1 aromatic heterocycles. The molecular formula is C22H24FN3O4S. The zero-order valence-electron chi connectivity index (χ0n) is 16.9. The van der Waals surface area contributed by atoms with E-state index in [-0.39, 0.29) is 16.8 Å². The van der Waals surface area contributed by atoms with Crippen LogP contribution in [0.4, 0.5) is 4.39 Å². The van der Waals surface area contributed by atoms with Gasteiger partial charge in [-0.05, 0) is 55.6 Å². The van der Waals surface area contributed by atoms with E-state index in [0.29, 0.717) is 18.9 Å². The molecule has 0 amide bonds. The van der Waals surface area contributed by atoms with Gasteiger partial charge in [-0.3, -0.25) is 4.90 Å². The van der Waals surface area contributed by atoms with Crippen molar-refractivity contribution < 1.29 is 22.4 Å². The second kappa shape index (κ2) is 9.25. The Hall–Kier alpha value is -2.62. The Balaban J connectivity index is 1.41. The smallest absolute Gasteiger partial charge is 0.244 e. The Morgan fingerprint density at radius 3 is 2.61 bits per heavy atom. The van der Waals surface area contributed by atoms with E-state index in [0.717, 1.165) is 31.5 Å². The first kappa shape index (κ1) is 21.6. The molecule has 0 bridgehead atoms. The van der Waals surface area contributed by atoms with Crippen LogP contribution in [0.2, 0.25) is 0 Å². The summed E-state index contributed by atoms with van der Waals surface area (Å²) in [6, 6.07) is 14.6. The number of benzene rings is 2. The van der Waals surface area contributed by atoms with Gasteiger partial charge in [-0.2, -0.15) is 4.98 Å². The molecule has 9 heteroatoms. The zero-order valence-corrected chi connectivity index (χ0v) is 17.7. The number of rotatable bonds is 8. The number of hydrogen-bond acceptors (Lipinski definition) is 7. The minimum absolute atomic E-state index is 0.000855. The highest BCUT2D eigenvalue weighted by atomic mass is 32.2. The minimum atomic E-state index is -3.72. The molecule has 2 heterocycles. The van der Waals surface area contributed by atoms with E-state index in [1.807, 2.05) is 18.2 Å². The summed E-state index contributed by atoms with van der Waals surface area (Å²) in [5.74, 6) is -0.593. The highest BCUT2D eigenvalue weighted by molar-refractivity contribution is 7.90. The van der Waals surface area contributed by atoms with Gasteiger partial charge in [-0.15, -0.1) is 0 Å². The SMILES string of the molecule is O=S(=O)(Cc1noc(C2CC(O)CN2CCCc2ccccc2)n1)c1ccc(F)cc1. The van der Waals surface area contributed by atoms with Crippen LogP contribution in [0.15, 0.2) is 64.0 Å². The zero-order chi connectivity index (χ0) is 21.8. The van der Waals surface area contributed by atoms with Gasteiger partial charge in [0, 0.05) is 6.54 Å². The molecule has 7 nitrogen and oxygen atoms in total. The summed E-state index contributed by atoms with van der Waals surface area (Å²) in [7, 11) is -3.72. The highest BCUT2D eigenvalue weighted by Gasteiger charge is 2.35. The number of aliphatic hydroxyl groups is 1. The summed E-state index contributed by atoms with van der Waals surface area (Å²) in [6.07, 6.45) is 1.79. The van der Waals surface area contributed by atoms with Crippen LogP contribution in [0.3, 0.4) is 0 Å². The summed E-state index contributed by atoms with van der Waals surface area (Å²) in [5.41, 5.74) is 1.25. The van der Waals surface area contributed by atoms with E-state index in [1.54, 1.807) is 0 Å². The van der Waals surface area contributed by atoms with E-state index in [4.69, 9.17) is 4.52 Å². The van der Waals surface area contributed by atoms with Gasteiger partial charge in [0.25, 0.3) is 0 Å². The number of sulfone groups is 1. The molecule has 31 heavy (non-hydrogen) atoms. The first-order valence-corrected chi connectivity index (χ1v) is 11.8. The van der Waals surface area contributed by atoms with E-state index in [9.17, 15) is 17.9 Å². The van der Waals surface area contributed by atoms with Crippen LogP contribution in [0.5, 0.6) is 0 Å². The monoisotopic (exact) mass is 445 g/mol. The fourth-order valence-electron chi connectivity index (χ4n) is 3.87. The summed E-state index contributed by atoms with van der Waals surface area (Å²) in [6.45, 7) is 1.26. The Bertz CT molecular complexity index is 1100. The lowest BCUT2D eigenvalue weighted by molar-refractivity contribution is 0.172. The molecule has 0 saturated carbocycles. The first-order chi connectivity index (χ1) is 14.9. The fourth-order valence-corrected chi connectivity index (χ4v) is 5.05. The second-order valence-electron chi connectivity index (χ2n) is 7.75. The van der Waals surface area contributed by atoms with Gasteiger partial charge in [0.05, 0.1) is 17.0 Å². The third kappa shape index (κ3) is 5.36. The molecule has 1 aliphatic rings. The van der Waals surface area contributed by atoms with Crippen molar-refractivity contribution >= 4 is 9.84 Å². The number of aliphatic hydroxyl groups excluding tert-OH is 1. The number of aryl methyl sites for hydroxylation is 1. The lowest BCUT2D eigenvalue weighted by Gasteiger charge is -2.20. The van der Waals surface area contributed by atoms with Gasteiger partial charge in [-0.1, -0.05) is 35.5 Å². The van der Waals surface area contributed by atoms with Crippen molar-refractivity contribution in [2.24, 2.45) is 0 Å². The van der Waals surface area contributed by atoms with E-state index in [1.165, 1.54) is 17.7 Å². The molecule has 0 aliphatic carbocycles. The molecule has 1 fully saturated rings. The molecule has 4 rings (SSSR count). The summed E-state index contributed by atoms with van der Waals surface area (Å²) in [5, 5.41) is 14.0. The van der Waals surface area contributed by atoms with Gasteiger partial charge in [-0.25, -0.2) is 12.8 Å². The lowest BCUT2D eigenvalue weighted by Crippen LogP contribution is -2.26. The average Bonchev–Trinajstić information content (AvgIpc) is 3.35. The highest BCUT2D eigenvalue weighted by Crippen LogP contribution is 2.31. The third-order valence-electron chi connectivity index (χ3n) is 5.40. The number of β-amino-alcohol motifs (C(OH)–C–C–N with tert-alkyl or cyclic N) is 1. The molecule has 164 valence electrons. The Morgan fingerprint density at radius 1 is 1.13 bits per heavy atom. The van der Waals surface area contributed by atoms with Crippen LogP contribution in [-0.2, 0) is 22.0 Å². The van der Waals surface area contributed by atoms with Gasteiger partial charge in [0.1, 0.15) is 11.6 Å². The molecule has 0 radical (unpaired) electrons. The van der Waals surface area contributed by atoms with Gasteiger partial charge in [0.15, 0.2) is 15.7 Å². The number of aromatic nitrogens is 2. The number of likely N-dealkylation sites (tertiary alicyclic amines) is 1. The predicted molar refractivity (Wildman–Crippen MR) is 111 cm³/mol. The lowest BCUT2D eigenvalue weighted by atomic mass is 10.1. The maximum Gasteiger partial charge on any atom is 0.244 e. The van der Waals surface area contributed by atoms with Crippen molar-refractivity contribution in [1.29, 1.82) is 0 Å². The van der Waals surface area contributed by atoms with Crippen molar-refractivity contribution in [1.82, 2.24) is 15.0 Å².